The fourth-order valence-electron chi connectivity index (χ4n) is 2.17. The third kappa shape index (κ3) is 4.26. The zero-order chi connectivity index (χ0) is 14.4. The van der Waals surface area contributed by atoms with E-state index in [1.54, 1.807) is 7.05 Å². The predicted octanol–water partition coefficient (Wildman–Crippen LogP) is 1.58. The molecule has 2 rings (SSSR count). The van der Waals surface area contributed by atoms with E-state index in [4.69, 9.17) is 4.74 Å². The van der Waals surface area contributed by atoms with Crippen LogP contribution in [0.2, 0.25) is 0 Å². The molecule has 1 saturated heterocycles. The smallest absolute Gasteiger partial charge is 0.409 e. The quantitative estimate of drug-likeness (QED) is 0.858. The molecule has 1 heterocycles. The Kier molecular flexibility index (Phi) is 4.98. The largest absolute Gasteiger partial charge is 0.444 e. The molecule has 1 aliphatic rings. The van der Waals surface area contributed by atoms with Gasteiger partial charge in [0.2, 0.25) is 5.91 Å². The topological polar surface area (TPSA) is 58.6 Å². The van der Waals surface area contributed by atoms with Crippen LogP contribution in [0.25, 0.3) is 0 Å². The first-order valence-electron chi connectivity index (χ1n) is 6.87. The van der Waals surface area contributed by atoms with Crippen molar-refractivity contribution in [2.45, 2.75) is 25.4 Å². The molecular weight excluding hydrogens is 256 g/mol. The van der Waals surface area contributed by atoms with Gasteiger partial charge in [-0.1, -0.05) is 30.3 Å². The van der Waals surface area contributed by atoms with Gasteiger partial charge < -0.3 is 15.0 Å². The molecule has 1 fully saturated rings. The third-order valence-electron chi connectivity index (χ3n) is 3.33. The number of rotatable bonds is 6. The average molecular weight is 276 g/mol. The van der Waals surface area contributed by atoms with Crippen molar-refractivity contribution >= 4 is 12.0 Å². The normalized spacial score (nSPS) is 17.9. The Bertz CT molecular complexity index is 461. The van der Waals surface area contributed by atoms with Crippen molar-refractivity contribution in [2.75, 3.05) is 20.1 Å². The highest BCUT2D eigenvalue weighted by Gasteiger charge is 2.28. The molecule has 0 radical (unpaired) electrons. The summed E-state index contributed by atoms with van der Waals surface area (Å²) in [5.41, 5.74) is 1.21. The number of hydrogen-bond donors (Lipinski definition) is 1. The van der Waals surface area contributed by atoms with Gasteiger partial charge in [0.05, 0.1) is 6.54 Å². The van der Waals surface area contributed by atoms with Gasteiger partial charge in [-0.25, -0.2) is 4.79 Å². The summed E-state index contributed by atoms with van der Waals surface area (Å²) in [6.45, 7) is 1.20. The molecule has 0 aromatic heterocycles. The summed E-state index contributed by atoms with van der Waals surface area (Å²) >= 11 is 0. The highest BCUT2D eigenvalue weighted by atomic mass is 16.6. The van der Waals surface area contributed by atoms with Gasteiger partial charge in [-0.3, -0.25) is 4.79 Å². The van der Waals surface area contributed by atoms with Crippen molar-refractivity contribution in [1.29, 1.82) is 0 Å². The maximum Gasteiger partial charge on any atom is 0.409 e. The lowest BCUT2D eigenvalue weighted by Crippen LogP contribution is -2.27. The second kappa shape index (κ2) is 6.93. The fraction of sp³-hybridized carbons (Fsp3) is 0.467. The molecule has 0 saturated carbocycles. The fourth-order valence-corrected chi connectivity index (χ4v) is 2.17. The number of hydrogen-bond acceptors (Lipinski definition) is 3. The second-order valence-electron chi connectivity index (χ2n) is 5.01. The van der Waals surface area contributed by atoms with Gasteiger partial charge in [-0.15, -0.1) is 0 Å². The molecule has 5 heteroatoms. The molecule has 1 N–H and O–H groups in total. The monoisotopic (exact) mass is 276 g/mol. The van der Waals surface area contributed by atoms with E-state index in [2.05, 4.69) is 5.32 Å². The third-order valence-corrected chi connectivity index (χ3v) is 3.33. The lowest BCUT2D eigenvalue weighted by molar-refractivity contribution is -0.121. The molecule has 108 valence electrons. The van der Waals surface area contributed by atoms with Crippen LogP contribution >= 0.6 is 0 Å². The van der Waals surface area contributed by atoms with Gasteiger partial charge in [0.15, 0.2) is 0 Å². The van der Waals surface area contributed by atoms with Crippen LogP contribution in [0.1, 0.15) is 18.4 Å². The van der Waals surface area contributed by atoms with Crippen LogP contribution in [0.4, 0.5) is 4.79 Å². The first-order valence-corrected chi connectivity index (χ1v) is 6.87. The Morgan fingerprint density at radius 1 is 1.40 bits per heavy atom. The van der Waals surface area contributed by atoms with Gasteiger partial charge in [0.25, 0.3) is 0 Å². The Hall–Kier alpha value is -2.04. The second-order valence-corrected chi connectivity index (χ2v) is 5.01. The maximum atomic E-state index is 11.7. The zero-order valence-electron chi connectivity index (χ0n) is 11.7. The molecule has 0 bridgehead atoms. The minimum atomic E-state index is -0.306. The molecule has 1 unspecified atom stereocenters. The number of likely N-dealkylation sites (N-methyl/N-ethyl adjacent to an activating group) is 1. The van der Waals surface area contributed by atoms with Gasteiger partial charge >= 0.3 is 6.09 Å². The Labute approximate surface area is 118 Å². The lowest BCUT2D eigenvalue weighted by atomic mass is 10.1. The van der Waals surface area contributed by atoms with Gasteiger partial charge in [-0.05, 0) is 18.4 Å². The minimum Gasteiger partial charge on any atom is -0.444 e. The lowest BCUT2D eigenvalue weighted by Gasteiger charge is -2.08. The van der Waals surface area contributed by atoms with Crippen molar-refractivity contribution < 1.29 is 14.3 Å². The summed E-state index contributed by atoms with van der Waals surface area (Å²) in [5, 5.41) is 2.88. The molecule has 1 atom stereocenters. The standard InChI is InChI=1S/C15H20N2O3/c1-17-11-13(20-15(17)19)7-8-14(18)16-10-9-12-5-3-2-4-6-12/h2-6,13H,7-11H2,1H3,(H,16,18). The number of ether oxygens (including phenoxy) is 1. The minimum absolute atomic E-state index is 0.00605. The number of nitrogens with one attached hydrogen (secondary N) is 1. The van der Waals surface area contributed by atoms with E-state index in [1.165, 1.54) is 10.5 Å². The van der Waals surface area contributed by atoms with Crippen molar-refractivity contribution in [3.63, 3.8) is 0 Å². The first-order chi connectivity index (χ1) is 9.65. The molecule has 1 aliphatic heterocycles. The van der Waals surface area contributed by atoms with Crippen molar-refractivity contribution in [2.24, 2.45) is 0 Å². The summed E-state index contributed by atoms with van der Waals surface area (Å²) in [6.07, 6.45) is 1.33. The van der Waals surface area contributed by atoms with Crippen molar-refractivity contribution in [3.8, 4) is 0 Å². The number of carbonyl (C=O) groups is 2. The van der Waals surface area contributed by atoms with Crippen molar-refractivity contribution in [1.82, 2.24) is 10.2 Å². The number of benzene rings is 1. The highest BCUT2D eigenvalue weighted by molar-refractivity contribution is 5.76. The van der Waals surface area contributed by atoms with E-state index in [0.29, 0.717) is 25.9 Å². The van der Waals surface area contributed by atoms with E-state index < -0.39 is 0 Å². The number of nitrogens with zero attached hydrogens (tertiary/aromatic N) is 1. The zero-order valence-corrected chi connectivity index (χ0v) is 11.7. The predicted molar refractivity (Wildman–Crippen MR) is 75.3 cm³/mol. The van der Waals surface area contributed by atoms with Crippen LogP contribution in [-0.2, 0) is 16.0 Å². The van der Waals surface area contributed by atoms with Gasteiger partial charge in [0.1, 0.15) is 6.10 Å². The molecule has 1 aromatic carbocycles. The van der Waals surface area contributed by atoms with Gasteiger partial charge in [0, 0.05) is 20.0 Å². The van der Waals surface area contributed by atoms with Crippen LogP contribution in [-0.4, -0.2) is 43.1 Å². The Morgan fingerprint density at radius 3 is 2.80 bits per heavy atom. The Balaban J connectivity index is 1.60. The number of cyclic esters (lactones) is 1. The van der Waals surface area contributed by atoms with Crippen molar-refractivity contribution in [3.05, 3.63) is 35.9 Å². The van der Waals surface area contributed by atoms with Crippen LogP contribution < -0.4 is 5.32 Å². The molecule has 2 amide bonds. The summed E-state index contributed by atoms with van der Waals surface area (Å²) in [4.78, 5) is 24.4. The van der Waals surface area contributed by atoms with Gasteiger partial charge in [-0.2, -0.15) is 0 Å². The summed E-state index contributed by atoms with van der Waals surface area (Å²) in [5.74, 6) is 0.00605. The van der Waals surface area contributed by atoms with E-state index in [1.807, 2.05) is 30.3 Å². The van der Waals surface area contributed by atoms with E-state index >= 15 is 0 Å². The molecule has 0 spiro atoms. The van der Waals surface area contributed by atoms with Crippen LogP contribution in [0.5, 0.6) is 0 Å². The van der Waals surface area contributed by atoms with E-state index in [0.717, 1.165) is 6.42 Å². The Morgan fingerprint density at radius 2 is 2.15 bits per heavy atom. The SMILES string of the molecule is CN1CC(CCC(=O)NCCc2ccccc2)OC1=O. The van der Waals surface area contributed by atoms with E-state index in [9.17, 15) is 9.59 Å². The van der Waals surface area contributed by atoms with E-state index in [-0.39, 0.29) is 18.1 Å². The first kappa shape index (κ1) is 14.4. The maximum absolute atomic E-state index is 11.7. The summed E-state index contributed by atoms with van der Waals surface area (Å²) in [7, 11) is 1.70. The molecule has 5 nitrogen and oxygen atoms in total. The molecule has 20 heavy (non-hydrogen) atoms. The van der Waals surface area contributed by atoms with Crippen LogP contribution in [0.15, 0.2) is 30.3 Å². The summed E-state index contributed by atoms with van der Waals surface area (Å²) in [6, 6.07) is 10.0. The number of amides is 2. The van der Waals surface area contributed by atoms with Crippen LogP contribution in [0, 0.1) is 0 Å². The molecular formula is C15H20N2O3. The molecule has 1 aromatic rings. The highest BCUT2D eigenvalue weighted by Crippen LogP contribution is 2.13. The summed E-state index contributed by atoms with van der Waals surface area (Å²) < 4.78 is 5.10. The molecule has 0 aliphatic carbocycles. The van der Waals surface area contributed by atoms with Crippen LogP contribution in [0.3, 0.4) is 0 Å². The average Bonchev–Trinajstić information content (AvgIpc) is 2.77. The number of carbonyl (C=O) groups excluding carboxylic acids is 2.